The molecule has 0 saturated carbocycles. The van der Waals surface area contributed by atoms with Crippen molar-refractivity contribution in [3.63, 3.8) is 0 Å². The lowest BCUT2D eigenvalue weighted by Gasteiger charge is -2.37. The molecule has 0 radical (unpaired) electrons. The van der Waals surface area contributed by atoms with Crippen molar-refractivity contribution in [2.45, 2.75) is 18.9 Å². The Bertz CT molecular complexity index is 1240. The van der Waals surface area contributed by atoms with Crippen LogP contribution in [0.1, 0.15) is 24.4 Å². The van der Waals surface area contributed by atoms with Crippen molar-refractivity contribution in [1.82, 2.24) is 4.90 Å². The van der Waals surface area contributed by atoms with Crippen LogP contribution < -0.4 is 10.1 Å². The maximum Gasteiger partial charge on any atom is 0.123 e. The Labute approximate surface area is 205 Å². The van der Waals surface area contributed by atoms with Crippen molar-refractivity contribution in [2.75, 3.05) is 31.6 Å². The van der Waals surface area contributed by atoms with E-state index < -0.39 is 0 Å². The van der Waals surface area contributed by atoms with Crippen molar-refractivity contribution in [3.8, 4) is 5.75 Å². The van der Waals surface area contributed by atoms with E-state index in [2.05, 4.69) is 34.5 Å². The van der Waals surface area contributed by atoms with Gasteiger partial charge in [-0.05, 0) is 96.7 Å². The molecule has 4 aromatic carbocycles. The van der Waals surface area contributed by atoms with E-state index in [4.69, 9.17) is 4.74 Å². The van der Waals surface area contributed by atoms with Gasteiger partial charge in [-0.2, -0.15) is 0 Å². The highest BCUT2D eigenvalue weighted by atomic mass is 19.1. The third-order valence-electron chi connectivity index (χ3n) is 6.90. The molecule has 35 heavy (non-hydrogen) atoms. The SMILES string of the molecule is Fc1ccc(NC(c2ccc(F)cc2)C2CCN(CCOc3ccc4ccccc4c3)CC2)cc1. The summed E-state index contributed by atoms with van der Waals surface area (Å²) in [6.07, 6.45) is 2.04. The van der Waals surface area contributed by atoms with Gasteiger partial charge in [-0.1, -0.05) is 42.5 Å². The predicted octanol–water partition coefficient (Wildman–Crippen LogP) is 7.06. The highest BCUT2D eigenvalue weighted by Gasteiger charge is 2.28. The van der Waals surface area contributed by atoms with Gasteiger partial charge in [0.1, 0.15) is 24.0 Å². The average Bonchev–Trinajstić information content (AvgIpc) is 2.89. The molecule has 0 amide bonds. The molecule has 5 heteroatoms. The van der Waals surface area contributed by atoms with Crippen LogP contribution in [0.15, 0.2) is 91.0 Å². The lowest BCUT2D eigenvalue weighted by molar-refractivity contribution is 0.147. The van der Waals surface area contributed by atoms with Crippen LogP contribution in [0.3, 0.4) is 0 Å². The zero-order valence-corrected chi connectivity index (χ0v) is 19.7. The number of nitrogens with zero attached hydrogens (tertiary/aromatic N) is 1. The lowest BCUT2D eigenvalue weighted by atomic mass is 9.85. The fraction of sp³-hybridized carbons (Fsp3) is 0.267. The number of anilines is 1. The number of ether oxygens (including phenoxy) is 1. The van der Waals surface area contributed by atoms with Gasteiger partial charge in [0.2, 0.25) is 0 Å². The molecule has 1 aliphatic rings. The number of nitrogens with one attached hydrogen (secondary N) is 1. The molecule has 1 fully saturated rings. The second-order valence-corrected chi connectivity index (χ2v) is 9.22. The highest BCUT2D eigenvalue weighted by Crippen LogP contribution is 2.34. The average molecular weight is 473 g/mol. The maximum absolute atomic E-state index is 13.6. The van der Waals surface area contributed by atoms with Crippen LogP contribution in [0.25, 0.3) is 10.8 Å². The number of piperidine rings is 1. The van der Waals surface area contributed by atoms with Crippen LogP contribution >= 0.6 is 0 Å². The molecule has 4 aromatic rings. The molecule has 0 aromatic heterocycles. The number of benzene rings is 4. The van der Waals surface area contributed by atoms with Gasteiger partial charge < -0.3 is 10.1 Å². The summed E-state index contributed by atoms with van der Waals surface area (Å²) in [5.41, 5.74) is 1.92. The summed E-state index contributed by atoms with van der Waals surface area (Å²) in [6.45, 7) is 3.49. The Morgan fingerprint density at radius 3 is 2.17 bits per heavy atom. The van der Waals surface area contributed by atoms with Crippen LogP contribution in [0.2, 0.25) is 0 Å². The Morgan fingerprint density at radius 2 is 1.46 bits per heavy atom. The predicted molar refractivity (Wildman–Crippen MR) is 138 cm³/mol. The number of fused-ring (bicyclic) bond motifs is 1. The first-order valence-electron chi connectivity index (χ1n) is 12.3. The summed E-state index contributed by atoms with van der Waals surface area (Å²) < 4.78 is 33.0. The summed E-state index contributed by atoms with van der Waals surface area (Å²) in [7, 11) is 0. The number of hydrogen-bond donors (Lipinski definition) is 1. The Balaban J connectivity index is 1.17. The molecule has 1 atom stereocenters. The first-order valence-corrected chi connectivity index (χ1v) is 12.3. The van der Waals surface area contributed by atoms with Crippen LogP contribution in [0.5, 0.6) is 5.75 Å². The van der Waals surface area contributed by atoms with Crippen molar-refractivity contribution >= 4 is 16.5 Å². The Hall–Kier alpha value is -3.44. The van der Waals surface area contributed by atoms with Crippen molar-refractivity contribution in [2.24, 2.45) is 5.92 Å². The monoisotopic (exact) mass is 472 g/mol. The highest BCUT2D eigenvalue weighted by molar-refractivity contribution is 5.83. The standard InChI is InChI=1S/C30H30F2N2O/c31-26-8-5-23(6-9-26)30(33-28-12-10-27(32)11-13-28)24-15-17-34(18-16-24)19-20-35-29-14-7-22-3-1-2-4-25(22)21-29/h1-14,21,24,30,33H,15-20H2. The molecule has 1 saturated heterocycles. The largest absolute Gasteiger partial charge is 0.492 e. The first-order chi connectivity index (χ1) is 17.1. The van der Waals surface area contributed by atoms with E-state index in [1.165, 1.54) is 35.0 Å². The van der Waals surface area contributed by atoms with E-state index in [1.54, 1.807) is 12.1 Å². The third-order valence-corrected chi connectivity index (χ3v) is 6.90. The molecule has 1 aliphatic heterocycles. The van der Waals surface area contributed by atoms with Crippen LogP contribution in [-0.4, -0.2) is 31.1 Å². The topological polar surface area (TPSA) is 24.5 Å². The zero-order chi connectivity index (χ0) is 24.0. The van der Waals surface area contributed by atoms with E-state index in [1.807, 2.05) is 30.3 Å². The van der Waals surface area contributed by atoms with Crippen molar-refractivity contribution in [1.29, 1.82) is 0 Å². The number of halogens is 2. The minimum Gasteiger partial charge on any atom is -0.492 e. The minimum atomic E-state index is -0.256. The molecule has 180 valence electrons. The second kappa shape index (κ2) is 10.9. The Kier molecular flexibility index (Phi) is 7.24. The van der Waals surface area contributed by atoms with Crippen LogP contribution in [0, 0.1) is 17.6 Å². The smallest absolute Gasteiger partial charge is 0.123 e. The van der Waals surface area contributed by atoms with Gasteiger partial charge in [0.05, 0.1) is 6.04 Å². The fourth-order valence-corrected chi connectivity index (χ4v) is 4.93. The molecule has 3 nitrogen and oxygen atoms in total. The molecule has 0 bridgehead atoms. The van der Waals surface area contributed by atoms with Crippen LogP contribution in [-0.2, 0) is 0 Å². The normalized spacial score (nSPS) is 15.7. The lowest BCUT2D eigenvalue weighted by Crippen LogP contribution is -2.39. The van der Waals surface area contributed by atoms with E-state index in [9.17, 15) is 8.78 Å². The zero-order valence-electron chi connectivity index (χ0n) is 19.7. The molecule has 1 unspecified atom stereocenters. The minimum absolute atomic E-state index is 0.0389. The quantitative estimate of drug-likeness (QED) is 0.297. The molecule has 0 aliphatic carbocycles. The Morgan fingerprint density at radius 1 is 0.800 bits per heavy atom. The number of likely N-dealkylation sites (tertiary alicyclic amines) is 1. The van der Waals surface area contributed by atoms with Gasteiger partial charge in [-0.25, -0.2) is 8.78 Å². The van der Waals surface area contributed by atoms with Crippen molar-refractivity contribution in [3.05, 3.63) is 108 Å². The van der Waals surface area contributed by atoms with Crippen LogP contribution in [0.4, 0.5) is 14.5 Å². The summed E-state index contributed by atoms with van der Waals surface area (Å²) in [6, 6.07) is 27.7. The van der Waals surface area contributed by atoms with Gasteiger partial charge in [0.15, 0.2) is 0 Å². The molecule has 0 spiro atoms. The van der Waals surface area contributed by atoms with E-state index in [0.29, 0.717) is 12.5 Å². The van der Waals surface area contributed by atoms with Gasteiger partial charge in [-0.3, -0.25) is 4.90 Å². The van der Waals surface area contributed by atoms with Crippen molar-refractivity contribution < 1.29 is 13.5 Å². The first kappa shape index (κ1) is 23.3. The summed E-state index contributed by atoms with van der Waals surface area (Å²) >= 11 is 0. The van der Waals surface area contributed by atoms with Gasteiger partial charge in [0.25, 0.3) is 0 Å². The molecule has 1 heterocycles. The van der Waals surface area contributed by atoms with Gasteiger partial charge >= 0.3 is 0 Å². The number of hydrogen-bond acceptors (Lipinski definition) is 3. The van der Waals surface area contributed by atoms with E-state index in [0.717, 1.165) is 49.5 Å². The number of rotatable bonds is 8. The maximum atomic E-state index is 13.6. The van der Waals surface area contributed by atoms with Gasteiger partial charge in [-0.15, -0.1) is 0 Å². The summed E-state index contributed by atoms with van der Waals surface area (Å²) in [5, 5.41) is 5.97. The molecular formula is C30H30F2N2O. The summed E-state index contributed by atoms with van der Waals surface area (Å²) in [5.74, 6) is 0.797. The fourth-order valence-electron chi connectivity index (χ4n) is 4.93. The second-order valence-electron chi connectivity index (χ2n) is 9.22. The summed E-state index contributed by atoms with van der Waals surface area (Å²) in [4.78, 5) is 2.44. The molecule has 5 rings (SSSR count). The molecule has 1 N–H and O–H groups in total. The van der Waals surface area contributed by atoms with E-state index in [-0.39, 0.29) is 17.7 Å². The van der Waals surface area contributed by atoms with Gasteiger partial charge in [0, 0.05) is 12.2 Å². The van der Waals surface area contributed by atoms with E-state index >= 15 is 0 Å². The molecular weight excluding hydrogens is 442 g/mol. The third kappa shape index (κ3) is 5.98.